The SMILES string of the molecule is COCCOCCOCC[n+]1ccc(-c2ccncc2)cc1. The van der Waals surface area contributed by atoms with Gasteiger partial charge in [-0.3, -0.25) is 4.98 Å². The van der Waals surface area contributed by atoms with Gasteiger partial charge in [-0.2, -0.15) is 0 Å². The maximum Gasteiger partial charge on any atom is 0.171 e. The van der Waals surface area contributed by atoms with Crippen molar-refractivity contribution in [2.45, 2.75) is 6.54 Å². The molecule has 0 aliphatic heterocycles. The van der Waals surface area contributed by atoms with Gasteiger partial charge in [0.1, 0.15) is 6.61 Å². The summed E-state index contributed by atoms with van der Waals surface area (Å²) in [7, 11) is 1.66. The molecule has 2 rings (SSSR count). The molecule has 5 nitrogen and oxygen atoms in total. The zero-order chi connectivity index (χ0) is 15.5. The third-order valence-electron chi connectivity index (χ3n) is 3.20. The Bertz CT molecular complexity index is 517. The minimum Gasteiger partial charge on any atom is -0.382 e. The van der Waals surface area contributed by atoms with Crippen molar-refractivity contribution in [1.29, 1.82) is 0 Å². The number of aromatic nitrogens is 2. The summed E-state index contributed by atoms with van der Waals surface area (Å²) in [5.74, 6) is 0. The normalized spacial score (nSPS) is 10.8. The van der Waals surface area contributed by atoms with E-state index in [1.165, 1.54) is 11.1 Å². The monoisotopic (exact) mass is 303 g/mol. The zero-order valence-corrected chi connectivity index (χ0v) is 13.0. The van der Waals surface area contributed by atoms with E-state index in [1.807, 2.05) is 12.1 Å². The Hall–Kier alpha value is -1.82. The lowest BCUT2D eigenvalue weighted by atomic mass is 10.1. The van der Waals surface area contributed by atoms with E-state index < -0.39 is 0 Å². The lowest BCUT2D eigenvalue weighted by Gasteiger charge is -2.04. The number of ether oxygens (including phenoxy) is 3. The second-order valence-corrected chi connectivity index (χ2v) is 4.78. The first-order valence-corrected chi connectivity index (χ1v) is 7.44. The smallest absolute Gasteiger partial charge is 0.171 e. The minimum atomic E-state index is 0.606. The molecule has 2 heterocycles. The van der Waals surface area contributed by atoms with Crippen LogP contribution in [0.25, 0.3) is 11.1 Å². The maximum absolute atomic E-state index is 5.54. The van der Waals surface area contributed by atoms with Crippen molar-refractivity contribution in [1.82, 2.24) is 4.98 Å². The lowest BCUT2D eigenvalue weighted by Crippen LogP contribution is -2.35. The third-order valence-corrected chi connectivity index (χ3v) is 3.20. The summed E-state index contributed by atoms with van der Waals surface area (Å²) in [6.07, 6.45) is 7.74. The minimum absolute atomic E-state index is 0.606. The third kappa shape index (κ3) is 5.89. The van der Waals surface area contributed by atoms with Crippen LogP contribution in [0.15, 0.2) is 49.1 Å². The quantitative estimate of drug-likeness (QED) is 0.495. The highest BCUT2D eigenvalue weighted by Crippen LogP contribution is 2.15. The first-order chi connectivity index (χ1) is 10.9. The molecule has 0 bridgehead atoms. The van der Waals surface area contributed by atoms with E-state index in [-0.39, 0.29) is 0 Å². The van der Waals surface area contributed by atoms with Gasteiger partial charge in [0.2, 0.25) is 0 Å². The van der Waals surface area contributed by atoms with Gasteiger partial charge in [-0.15, -0.1) is 0 Å². The Balaban J connectivity index is 1.65. The summed E-state index contributed by atoms with van der Waals surface area (Å²) in [4.78, 5) is 4.03. The summed E-state index contributed by atoms with van der Waals surface area (Å²) in [5.41, 5.74) is 2.36. The highest BCUT2D eigenvalue weighted by atomic mass is 16.5. The molecular weight excluding hydrogens is 280 g/mol. The van der Waals surface area contributed by atoms with Crippen LogP contribution >= 0.6 is 0 Å². The summed E-state index contributed by atoms with van der Waals surface area (Å²) >= 11 is 0. The van der Waals surface area contributed by atoms with E-state index in [2.05, 4.69) is 34.1 Å². The molecule has 2 aromatic heterocycles. The molecule has 0 saturated heterocycles. The predicted octanol–water partition coefficient (Wildman–Crippen LogP) is 1.72. The molecule has 118 valence electrons. The fraction of sp³-hybridized carbons (Fsp3) is 0.412. The molecule has 0 spiro atoms. The van der Waals surface area contributed by atoms with Gasteiger partial charge in [0, 0.05) is 31.6 Å². The molecule has 0 aliphatic carbocycles. The highest BCUT2D eigenvalue weighted by Gasteiger charge is 2.02. The van der Waals surface area contributed by atoms with Crippen molar-refractivity contribution in [3.05, 3.63) is 49.1 Å². The number of nitrogens with zero attached hydrogens (tertiary/aromatic N) is 2. The molecule has 0 unspecified atom stereocenters. The number of hydrogen-bond donors (Lipinski definition) is 0. The Morgan fingerprint density at radius 1 is 0.818 bits per heavy atom. The van der Waals surface area contributed by atoms with Crippen LogP contribution in [-0.2, 0) is 20.8 Å². The molecule has 0 aromatic carbocycles. The molecule has 0 atom stereocenters. The lowest BCUT2D eigenvalue weighted by molar-refractivity contribution is -0.698. The number of methoxy groups -OCH3 is 1. The van der Waals surface area contributed by atoms with E-state index in [0.717, 1.165) is 6.54 Å². The van der Waals surface area contributed by atoms with E-state index >= 15 is 0 Å². The Kier molecular flexibility index (Phi) is 7.52. The molecular formula is C17H23N2O3+. The van der Waals surface area contributed by atoms with E-state index in [1.54, 1.807) is 19.5 Å². The molecule has 0 saturated carbocycles. The number of rotatable bonds is 10. The van der Waals surface area contributed by atoms with Crippen molar-refractivity contribution in [2.24, 2.45) is 0 Å². The van der Waals surface area contributed by atoms with Gasteiger partial charge in [-0.1, -0.05) is 0 Å². The zero-order valence-electron chi connectivity index (χ0n) is 13.0. The van der Waals surface area contributed by atoms with Gasteiger partial charge in [0.05, 0.1) is 26.4 Å². The van der Waals surface area contributed by atoms with Gasteiger partial charge < -0.3 is 14.2 Å². The maximum atomic E-state index is 5.54. The fourth-order valence-electron chi connectivity index (χ4n) is 1.98. The Labute approximate surface area is 131 Å². The molecule has 0 amide bonds. The average molecular weight is 303 g/mol. The van der Waals surface area contributed by atoms with Gasteiger partial charge in [0.25, 0.3) is 0 Å². The van der Waals surface area contributed by atoms with Crippen molar-refractivity contribution >= 4 is 0 Å². The predicted molar refractivity (Wildman–Crippen MR) is 83.4 cm³/mol. The molecule has 5 heteroatoms. The van der Waals surface area contributed by atoms with Crippen LogP contribution in [0.1, 0.15) is 0 Å². The molecule has 0 N–H and O–H groups in total. The van der Waals surface area contributed by atoms with Crippen LogP contribution < -0.4 is 4.57 Å². The van der Waals surface area contributed by atoms with Crippen LogP contribution in [0, 0.1) is 0 Å². The molecule has 2 aromatic rings. The molecule has 22 heavy (non-hydrogen) atoms. The molecule has 0 radical (unpaired) electrons. The van der Waals surface area contributed by atoms with Crippen molar-refractivity contribution in [3.8, 4) is 11.1 Å². The standard InChI is InChI=1S/C17H23N2O3/c1-20-12-13-22-15-14-21-11-10-19-8-4-17(5-9-19)16-2-6-18-7-3-16/h2-9H,10-15H2,1H3/q+1. The van der Waals surface area contributed by atoms with Gasteiger partial charge in [-0.25, -0.2) is 4.57 Å². The van der Waals surface area contributed by atoms with E-state index in [0.29, 0.717) is 33.0 Å². The topological polar surface area (TPSA) is 44.5 Å². The summed E-state index contributed by atoms with van der Waals surface area (Å²) in [6, 6.07) is 8.21. The first-order valence-electron chi connectivity index (χ1n) is 7.44. The molecule has 0 fully saturated rings. The van der Waals surface area contributed by atoms with E-state index in [9.17, 15) is 0 Å². The van der Waals surface area contributed by atoms with Crippen LogP contribution in [0.5, 0.6) is 0 Å². The highest BCUT2D eigenvalue weighted by molar-refractivity contribution is 5.61. The van der Waals surface area contributed by atoms with Gasteiger partial charge in [0.15, 0.2) is 18.9 Å². The second kappa shape index (κ2) is 10.00. The van der Waals surface area contributed by atoms with Crippen LogP contribution in [0.2, 0.25) is 0 Å². The van der Waals surface area contributed by atoms with Crippen molar-refractivity contribution < 1.29 is 18.8 Å². The average Bonchev–Trinajstić information content (AvgIpc) is 2.59. The number of hydrogen-bond acceptors (Lipinski definition) is 4. The first kappa shape index (κ1) is 16.5. The van der Waals surface area contributed by atoms with Gasteiger partial charge >= 0.3 is 0 Å². The fourth-order valence-corrected chi connectivity index (χ4v) is 1.98. The molecule has 0 aliphatic rings. The van der Waals surface area contributed by atoms with Crippen molar-refractivity contribution in [2.75, 3.05) is 40.1 Å². The number of pyridine rings is 2. The second-order valence-electron chi connectivity index (χ2n) is 4.78. The largest absolute Gasteiger partial charge is 0.382 e. The summed E-state index contributed by atoms with van der Waals surface area (Å²) < 4.78 is 17.9. The Morgan fingerprint density at radius 2 is 1.41 bits per heavy atom. The van der Waals surface area contributed by atoms with Crippen LogP contribution in [-0.4, -0.2) is 45.1 Å². The van der Waals surface area contributed by atoms with Crippen LogP contribution in [0.3, 0.4) is 0 Å². The van der Waals surface area contributed by atoms with Crippen molar-refractivity contribution in [3.63, 3.8) is 0 Å². The summed E-state index contributed by atoms with van der Waals surface area (Å²) in [5, 5.41) is 0. The van der Waals surface area contributed by atoms with Crippen LogP contribution in [0.4, 0.5) is 0 Å². The summed E-state index contributed by atoms with van der Waals surface area (Å²) in [6.45, 7) is 3.96. The van der Waals surface area contributed by atoms with E-state index in [4.69, 9.17) is 14.2 Å². The van der Waals surface area contributed by atoms with Gasteiger partial charge in [-0.05, 0) is 23.3 Å². The Morgan fingerprint density at radius 3 is 2.09 bits per heavy atom.